The van der Waals surface area contributed by atoms with Gasteiger partial charge in [-0.3, -0.25) is 9.59 Å². The van der Waals surface area contributed by atoms with Crippen LogP contribution in [0.15, 0.2) is 0 Å². The third kappa shape index (κ3) is 1.10. The zero-order valence-electron chi connectivity index (χ0n) is 8.55. The summed E-state index contributed by atoms with van der Waals surface area (Å²) in [5, 5.41) is 18.1. The lowest BCUT2D eigenvalue weighted by molar-refractivity contribution is -0.145. The second-order valence-electron chi connectivity index (χ2n) is 5.30. The molecule has 3 rings (SSSR count). The third-order valence-electron chi connectivity index (χ3n) is 4.54. The summed E-state index contributed by atoms with van der Waals surface area (Å²) in [6, 6.07) is 0. The predicted molar refractivity (Wildman–Crippen MR) is 56.2 cm³/mol. The summed E-state index contributed by atoms with van der Waals surface area (Å²) >= 11 is 0. The Labute approximate surface area is 98.4 Å². The number of aliphatic carboxylic acids is 2. The Morgan fingerprint density at radius 1 is 1.19 bits per heavy atom. The summed E-state index contributed by atoms with van der Waals surface area (Å²) in [5.41, 5.74) is 4.54. The Hall–Kier alpha value is -0.810. The summed E-state index contributed by atoms with van der Waals surface area (Å²) in [7, 11) is 0. The standard InChI is InChI=1S/C10H13NO4.ClH/c11-10(8(14)15)3-9(1-2-9)5-4(6(5)10)7(12)13;/h4-6H,1-3,11H2,(H,12,13)(H,14,15);1H/t4-,5-,6+,10-;/m0./s1. The molecule has 0 aromatic heterocycles. The topological polar surface area (TPSA) is 101 Å². The minimum Gasteiger partial charge on any atom is -0.481 e. The van der Waals surface area contributed by atoms with Gasteiger partial charge in [-0.15, -0.1) is 12.4 Å². The Morgan fingerprint density at radius 3 is 2.12 bits per heavy atom. The minimum atomic E-state index is -1.29. The summed E-state index contributed by atoms with van der Waals surface area (Å²) < 4.78 is 0. The van der Waals surface area contributed by atoms with E-state index in [0.29, 0.717) is 6.42 Å². The first-order valence-electron chi connectivity index (χ1n) is 5.17. The predicted octanol–water partition coefficient (Wildman–Crippen LogP) is 0.321. The van der Waals surface area contributed by atoms with Gasteiger partial charge in [0.25, 0.3) is 0 Å². The van der Waals surface area contributed by atoms with Crippen LogP contribution in [0.25, 0.3) is 0 Å². The van der Waals surface area contributed by atoms with Crippen LogP contribution in [0, 0.1) is 23.2 Å². The highest BCUT2D eigenvalue weighted by Crippen LogP contribution is 2.78. The van der Waals surface area contributed by atoms with Crippen molar-refractivity contribution in [3.05, 3.63) is 0 Å². The number of hydrogen-bond acceptors (Lipinski definition) is 3. The molecule has 3 saturated carbocycles. The quantitative estimate of drug-likeness (QED) is 0.653. The van der Waals surface area contributed by atoms with Crippen molar-refractivity contribution in [1.82, 2.24) is 0 Å². The van der Waals surface area contributed by atoms with Gasteiger partial charge in [-0.25, -0.2) is 0 Å². The molecule has 1 spiro atoms. The van der Waals surface area contributed by atoms with Gasteiger partial charge in [0.05, 0.1) is 5.92 Å². The Kier molecular flexibility index (Phi) is 2.11. The van der Waals surface area contributed by atoms with E-state index in [2.05, 4.69) is 0 Å². The highest BCUT2D eigenvalue weighted by atomic mass is 35.5. The zero-order valence-corrected chi connectivity index (χ0v) is 9.37. The molecule has 16 heavy (non-hydrogen) atoms. The lowest BCUT2D eigenvalue weighted by Crippen LogP contribution is -2.50. The summed E-state index contributed by atoms with van der Waals surface area (Å²) in [6.07, 6.45) is 2.36. The number of halogens is 1. The van der Waals surface area contributed by atoms with E-state index in [4.69, 9.17) is 15.9 Å². The Bertz CT molecular complexity index is 381. The van der Waals surface area contributed by atoms with E-state index in [9.17, 15) is 9.59 Å². The number of nitrogens with two attached hydrogens (primary N) is 1. The van der Waals surface area contributed by atoms with Gasteiger partial charge in [0, 0.05) is 5.92 Å². The Balaban J connectivity index is 0.000000963. The van der Waals surface area contributed by atoms with Crippen molar-refractivity contribution >= 4 is 24.3 Å². The van der Waals surface area contributed by atoms with Crippen LogP contribution in [0.2, 0.25) is 0 Å². The number of rotatable bonds is 2. The summed E-state index contributed by atoms with van der Waals surface area (Å²) in [4.78, 5) is 22.1. The lowest BCUT2D eigenvalue weighted by Gasteiger charge is -2.24. The fourth-order valence-electron chi connectivity index (χ4n) is 3.73. The first-order chi connectivity index (χ1) is 6.92. The first kappa shape index (κ1) is 11.7. The normalized spacial score (nSPS) is 45.7. The Morgan fingerprint density at radius 2 is 1.75 bits per heavy atom. The van der Waals surface area contributed by atoms with E-state index in [1.165, 1.54) is 0 Å². The zero-order chi connectivity index (χ0) is 11.0. The van der Waals surface area contributed by atoms with Crippen molar-refractivity contribution < 1.29 is 19.8 Å². The lowest BCUT2D eigenvalue weighted by atomic mass is 9.86. The highest BCUT2D eigenvalue weighted by Gasteiger charge is 2.81. The average Bonchev–Trinajstić information content (AvgIpc) is 2.91. The van der Waals surface area contributed by atoms with Gasteiger partial charge in [0.15, 0.2) is 0 Å². The molecule has 0 heterocycles. The molecule has 0 amide bonds. The number of carboxylic acid groups (broad SMARTS) is 2. The molecule has 0 aromatic rings. The van der Waals surface area contributed by atoms with Crippen LogP contribution in [-0.2, 0) is 9.59 Å². The van der Waals surface area contributed by atoms with Crippen LogP contribution in [0.3, 0.4) is 0 Å². The molecule has 0 aromatic carbocycles. The van der Waals surface area contributed by atoms with Gasteiger partial charge in [-0.2, -0.15) is 0 Å². The molecule has 4 atom stereocenters. The van der Waals surface area contributed by atoms with Crippen LogP contribution in [0.5, 0.6) is 0 Å². The monoisotopic (exact) mass is 247 g/mol. The van der Waals surface area contributed by atoms with E-state index in [-0.39, 0.29) is 29.7 Å². The molecule has 6 heteroatoms. The maximum atomic E-state index is 11.1. The molecule has 0 bridgehead atoms. The van der Waals surface area contributed by atoms with Crippen molar-refractivity contribution in [2.24, 2.45) is 28.9 Å². The van der Waals surface area contributed by atoms with Crippen molar-refractivity contribution in [2.45, 2.75) is 24.8 Å². The summed E-state index contributed by atoms with van der Waals surface area (Å²) in [5.74, 6) is -2.74. The molecule has 3 fully saturated rings. The van der Waals surface area contributed by atoms with Crippen LogP contribution in [0.1, 0.15) is 19.3 Å². The molecular weight excluding hydrogens is 234 g/mol. The summed E-state index contributed by atoms with van der Waals surface area (Å²) in [6.45, 7) is 0. The maximum absolute atomic E-state index is 11.1. The molecule has 90 valence electrons. The van der Waals surface area contributed by atoms with Gasteiger partial charge in [-0.1, -0.05) is 0 Å². The fraction of sp³-hybridized carbons (Fsp3) is 0.800. The molecule has 4 N–H and O–H groups in total. The smallest absolute Gasteiger partial charge is 0.324 e. The van der Waals surface area contributed by atoms with Crippen molar-refractivity contribution in [3.63, 3.8) is 0 Å². The first-order valence-corrected chi connectivity index (χ1v) is 5.17. The fourth-order valence-corrected chi connectivity index (χ4v) is 3.73. The van der Waals surface area contributed by atoms with Crippen LogP contribution < -0.4 is 5.73 Å². The third-order valence-corrected chi connectivity index (χ3v) is 4.54. The molecule has 3 aliphatic rings. The molecular formula is C10H14ClNO4. The van der Waals surface area contributed by atoms with Crippen molar-refractivity contribution in [3.8, 4) is 0 Å². The van der Waals surface area contributed by atoms with Crippen LogP contribution in [0.4, 0.5) is 0 Å². The largest absolute Gasteiger partial charge is 0.481 e. The molecule has 0 saturated heterocycles. The maximum Gasteiger partial charge on any atom is 0.324 e. The van der Waals surface area contributed by atoms with Gasteiger partial charge in [-0.05, 0) is 30.6 Å². The van der Waals surface area contributed by atoms with Gasteiger partial charge >= 0.3 is 11.9 Å². The molecule has 3 aliphatic carbocycles. The minimum absolute atomic E-state index is 0. The number of carbonyl (C=O) groups is 2. The van der Waals surface area contributed by atoms with E-state index >= 15 is 0 Å². The van der Waals surface area contributed by atoms with E-state index in [1.807, 2.05) is 0 Å². The SMILES string of the molecule is Cl.N[C@@]1(C(=O)O)CC2(CC2)[C@H]2[C@H](C(=O)O)[C@H]21. The number of carboxylic acids is 2. The van der Waals surface area contributed by atoms with Crippen LogP contribution in [-0.4, -0.2) is 27.7 Å². The molecule has 0 aliphatic heterocycles. The van der Waals surface area contributed by atoms with E-state index < -0.39 is 23.4 Å². The molecule has 5 nitrogen and oxygen atoms in total. The average molecular weight is 248 g/mol. The van der Waals surface area contributed by atoms with E-state index in [1.54, 1.807) is 0 Å². The van der Waals surface area contributed by atoms with E-state index in [0.717, 1.165) is 12.8 Å². The molecule has 0 radical (unpaired) electrons. The van der Waals surface area contributed by atoms with Gasteiger partial charge in [0.1, 0.15) is 5.54 Å². The highest BCUT2D eigenvalue weighted by molar-refractivity contribution is 5.86. The number of fused-ring (bicyclic) bond motifs is 2. The molecule has 0 unspecified atom stereocenters. The second kappa shape index (κ2) is 2.90. The van der Waals surface area contributed by atoms with Crippen molar-refractivity contribution in [2.75, 3.05) is 0 Å². The van der Waals surface area contributed by atoms with Gasteiger partial charge in [0.2, 0.25) is 0 Å². The van der Waals surface area contributed by atoms with Crippen LogP contribution >= 0.6 is 12.4 Å². The number of hydrogen-bond donors (Lipinski definition) is 3. The van der Waals surface area contributed by atoms with Crippen molar-refractivity contribution in [1.29, 1.82) is 0 Å². The second-order valence-corrected chi connectivity index (χ2v) is 5.30. The van der Waals surface area contributed by atoms with Gasteiger partial charge < -0.3 is 15.9 Å².